The van der Waals surface area contributed by atoms with Gasteiger partial charge in [0.05, 0.1) is 12.8 Å². The van der Waals surface area contributed by atoms with Gasteiger partial charge in [-0.3, -0.25) is 0 Å². The van der Waals surface area contributed by atoms with E-state index in [2.05, 4.69) is 20.7 Å². The van der Waals surface area contributed by atoms with E-state index in [9.17, 15) is 0 Å². The molecule has 2 aromatic rings. The number of anilines is 3. The number of aromatic nitrogens is 2. The third kappa shape index (κ3) is 2.75. The summed E-state index contributed by atoms with van der Waals surface area (Å²) in [6.45, 7) is 1.93. The van der Waals surface area contributed by atoms with Crippen LogP contribution in [0, 0.1) is 6.92 Å². The van der Waals surface area contributed by atoms with Crippen LogP contribution in [0.15, 0.2) is 24.3 Å². The second kappa shape index (κ2) is 5.57. The van der Waals surface area contributed by atoms with Crippen LogP contribution in [0.1, 0.15) is 30.1 Å². The highest BCUT2D eigenvalue weighted by atomic mass is 16.5. The standard InChI is InChI=1S/C15H19N5O/c1-9-13(17-11-5-3-4-6-12(11)21-2)18-15(10-7-8-10)19-14(9)20-16/h3-6,10H,7-8,16H2,1-2H3,(H2,17,18,19,20). The monoisotopic (exact) mass is 285 g/mol. The fourth-order valence-electron chi connectivity index (χ4n) is 2.20. The molecule has 4 N–H and O–H groups in total. The molecule has 1 aliphatic rings. The van der Waals surface area contributed by atoms with Gasteiger partial charge in [0.2, 0.25) is 0 Å². The first kappa shape index (κ1) is 13.6. The number of nitrogens with zero attached hydrogens (tertiary/aromatic N) is 2. The molecule has 0 amide bonds. The van der Waals surface area contributed by atoms with Crippen molar-refractivity contribution in [1.29, 1.82) is 0 Å². The second-order valence-corrected chi connectivity index (χ2v) is 5.15. The van der Waals surface area contributed by atoms with Gasteiger partial charge < -0.3 is 15.5 Å². The number of hydrogen-bond donors (Lipinski definition) is 3. The number of rotatable bonds is 5. The van der Waals surface area contributed by atoms with E-state index < -0.39 is 0 Å². The predicted molar refractivity (Wildman–Crippen MR) is 82.8 cm³/mol. The first-order valence-electron chi connectivity index (χ1n) is 6.98. The molecule has 1 aromatic heterocycles. The molecule has 0 spiro atoms. The van der Waals surface area contributed by atoms with Gasteiger partial charge in [0, 0.05) is 11.5 Å². The Labute approximate surface area is 123 Å². The SMILES string of the molecule is COc1ccccc1Nc1nc(C2CC2)nc(NN)c1C. The van der Waals surface area contributed by atoms with Crippen molar-refractivity contribution in [3.8, 4) is 5.75 Å². The molecule has 1 saturated carbocycles. The highest BCUT2D eigenvalue weighted by Gasteiger charge is 2.28. The molecule has 0 unspecified atom stereocenters. The van der Waals surface area contributed by atoms with Crippen LogP contribution in [0.5, 0.6) is 5.75 Å². The summed E-state index contributed by atoms with van der Waals surface area (Å²) in [5, 5.41) is 3.32. The van der Waals surface area contributed by atoms with Gasteiger partial charge >= 0.3 is 0 Å². The number of hydrogen-bond acceptors (Lipinski definition) is 6. The van der Waals surface area contributed by atoms with E-state index in [1.807, 2.05) is 31.2 Å². The number of hydrazine groups is 1. The second-order valence-electron chi connectivity index (χ2n) is 5.15. The third-order valence-electron chi connectivity index (χ3n) is 3.60. The van der Waals surface area contributed by atoms with E-state index in [4.69, 9.17) is 10.6 Å². The zero-order chi connectivity index (χ0) is 14.8. The molecule has 6 heteroatoms. The number of ether oxygens (including phenoxy) is 1. The summed E-state index contributed by atoms with van der Waals surface area (Å²) < 4.78 is 5.36. The van der Waals surface area contributed by atoms with Crippen molar-refractivity contribution in [2.24, 2.45) is 5.84 Å². The van der Waals surface area contributed by atoms with Gasteiger partial charge in [-0.25, -0.2) is 15.8 Å². The van der Waals surface area contributed by atoms with Crippen molar-refractivity contribution >= 4 is 17.3 Å². The van der Waals surface area contributed by atoms with Crippen LogP contribution in [-0.4, -0.2) is 17.1 Å². The number of para-hydroxylation sites is 2. The van der Waals surface area contributed by atoms with Crippen LogP contribution in [0.25, 0.3) is 0 Å². The predicted octanol–water partition coefficient (Wildman–Crippen LogP) is 2.70. The Morgan fingerprint density at radius 2 is 1.90 bits per heavy atom. The molecule has 6 nitrogen and oxygen atoms in total. The molecule has 1 fully saturated rings. The van der Waals surface area contributed by atoms with Gasteiger partial charge in [-0.15, -0.1) is 0 Å². The van der Waals surface area contributed by atoms with Gasteiger partial charge in [-0.05, 0) is 31.9 Å². The highest BCUT2D eigenvalue weighted by molar-refractivity contribution is 5.69. The smallest absolute Gasteiger partial charge is 0.148 e. The molecule has 1 aliphatic carbocycles. The fourth-order valence-corrected chi connectivity index (χ4v) is 2.20. The summed E-state index contributed by atoms with van der Waals surface area (Å²) in [7, 11) is 1.65. The maximum absolute atomic E-state index is 5.57. The minimum absolute atomic E-state index is 0.455. The molecule has 0 saturated heterocycles. The molecule has 0 atom stereocenters. The Morgan fingerprint density at radius 3 is 2.57 bits per heavy atom. The zero-order valence-electron chi connectivity index (χ0n) is 12.2. The van der Waals surface area contributed by atoms with Crippen molar-refractivity contribution < 1.29 is 4.74 Å². The Hall–Kier alpha value is -2.34. The average molecular weight is 285 g/mol. The van der Waals surface area contributed by atoms with Crippen molar-refractivity contribution in [2.45, 2.75) is 25.7 Å². The quantitative estimate of drug-likeness (QED) is 0.578. The van der Waals surface area contributed by atoms with E-state index in [-0.39, 0.29) is 0 Å². The summed E-state index contributed by atoms with van der Waals surface area (Å²) in [4.78, 5) is 9.12. The molecule has 0 radical (unpaired) electrons. The zero-order valence-corrected chi connectivity index (χ0v) is 12.2. The van der Waals surface area contributed by atoms with E-state index in [0.717, 1.165) is 41.5 Å². The summed E-state index contributed by atoms with van der Waals surface area (Å²) in [6, 6.07) is 7.74. The van der Waals surface area contributed by atoms with E-state index >= 15 is 0 Å². The first-order chi connectivity index (χ1) is 10.2. The number of methoxy groups -OCH3 is 1. The summed E-state index contributed by atoms with van der Waals surface area (Å²) in [5.41, 5.74) is 4.40. The largest absolute Gasteiger partial charge is 0.495 e. The summed E-state index contributed by atoms with van der Waals surface area (Å²) in [6.07, 6.45) is 2.28. The molecular formula is C15H19N5O. The van der Waals surface area contributed by atoms with E-state index in [1.165, 1.54) is 0 Å². The normalized spacial score (nSPS) is 13.9. The van der Waals surface area contributed by atoms with Gasteiger partial charge in [0.1, 0.15) is 23.2 Å². The fraction of sp³-hybridized carbons (Fsp3) is 0.333. The van der Waals surface area contributed by atoms with Gasteiger partial charge in [-0.2, -0.15) is 0 Å². The van der Waals surface area contributed by atoms with E-state index in [0.29, 0.717) is 11.7 Å². The number of nitrogens with one attached hydrogen (secondary N) is 2. The maximum atomic E-state index is 5.57. The minimum Gasteiger partial charge on any atom is -0.495 e. The molecule has 0 aliphatic heterocycles. The van der Waals surface area contributed by atoms with Crippen LogP contribution < -0.4 is 21.3 Å². The van der Waals surface area contributed by atoms with Gasteiger partial charge in [0.15, 0.2) is 0 Å². The summed E-state index contributed by atoms with van der Waals surface area (Å²) in [5.74, 6) is 9.04. The molecule has 0 bridgehead atoms. The lowest BCUT2D eigenvalue weighted by Crippen LogP contribution is -2.14. The molecular weight excluding hydrogens is 266 g/mol. The van der Waals surface area contributed by atoms with Crippen LogP contribution in [0.2, 0.25) is 0 Å². The van der Waals surface area contributed by atoms with Crippen molar-refractivity contribution in [1.82, 2.24) is 9.97 Å². The Kier molecular flexibility index (Phi) is 3.62. The topological polar surface area (TPSA) is 85.1 Å². The number of nitrogen functional groups attached to an aromatic ring is 1. The molecule has 3 rings (SSSR count). The lowest BCUT2D eigenvalue weighted by Gasteiger charge is -2.15. The van der Waals surface area contributed by atoms with Gasteiger partial charge in [-0.1, -0.05) is 12.1 Å². The number of nitrogens with two attached hydrogens (primary N) is 1. The van der Waals surface area contributed by atoms with Crippen LogP contribution >= 0.6 is 0 Å². The Bertz CT molecular complexity index is 655. The van der Waals surface area contributed by atoms with Crippen LogP contribution in [-0.2, 0) is 0 Å². The van der Waals surface area contributed by atoms with Crippen molar-refractivity contribution in [2.75, 3.05) is 17.9 Å². The van der Waals surface area contributed by atoms with Crippen molar-refractivity contribution in [3.05, 3.63) is 35.7 Å². The lowest BCUT2D eigenvalue weighted by atomic mass is 10.2. The Balaban J connectivity index is 1.99. The molecule has 110 valence electrons. The van der Waals surface area contributed by atoms with Crippen molar-refractivity contribution in [3.63, 3.8) is 0 Å². The minimum atomic E-state index is 0.455. The molecule has 21 heavy (non-hydrogen) atoms. The van der Waals surface area contributed by atoms with Crippen LogP contribution in [0.4, 0.5) is 17.3 Å². The average Bonchev–Trinajstić information content (AvgIpc) is 3.34. The summed E-state index contributed by atoms with van der Waals surface area (Å²) >= 11 is 0. The maximum Gasteiger partial charge on any atom is 0.148 e. The highest BCUT2D eigenvalue weighted by Crippen LogP contribution is 2.40. The molecule has 1 heterocycles. The molecule has 1 aromatic carbocycles. The van der Waals surface area contributed by atoms with E-state index in [1.54, 1.807) is 7.11 Å². The number of benzene rings is 1. The first-order valence-corrected chi connectivity index (χ1v) is 6.98. The van der Waals surface area contributed by atoms with Gasteiger partial charge in [0.25, 0.3) is 0 Å². The lowest BCUT2D eigenvalue weighted by molar-refractivity contribution is 0.417. The third-order valence-corrected chi connectivity index (χ3v) is 3.60. The van der Waals surface area contributed by atoms with Crippen LogP contribution in [0.3, 0.4) is 0 Å². The Morgan fingerprint density at radius 1 is 1.19 bits per heavy atom.